The highest BCUT2D eigenvalue weighted by Gasteiger charge is 2.19. The van der Waals surface area contributed by atoms with E-state index < -0.39 is 16.4 Å². The molecule has 138 valence electrons. The van der Waals surface area contributed by atoms with Crippen LogP contribution in [-0.4, -0.2) is 38.2 Å². The molecule has 2 N–H and O–H groups in total. The van der Waals surface area contributed by atoms with E-state index >= 15 is 0 Å². The second kappa shape index (κ2) is 7.38. The molecule has 0 unspecified atom stereocenters. The predicted molar refractivity (Wildman–Crippen MR) is 102 cm³/mol. The first kappa shape index (κ1) is 18.3. The van der Waals surface area contributed by atoms with Gasteiger partial charge in [0.1, 0.15) is 0 Å². The highest BCUT2D eigenvalue weighted by Crippen LogP contribution is 2.36. The summed E-state index contributed by atoms with van der Waals surface area (Å²) in [5.41, 5.74) is 1.78. The molecule has 0 aliphatic heterocycles. The summed E-state index contributed by atoms with van der Waals surface area (Å²) in [7, 11) is 1.31. The SMILES string of the molecule is COc1cc(/C=N/n2c(-c3ccc(C)cc3)n[nH]c2=S)cc([N+](=O)[O-])c1O. The monoisotopic (exact) mass is 385 g/mol. The van der Waals surface area contributed by atoms with Gasteiger partial charge < -0.3 is 9.84 Å². The third-order valence-electron chi connectivity index (χ3n) is 3.78. The zero-order valence-electron chi connectivity index (χ0n) is 14.4. The number of hydrogen-bond donors (Lipinski definition) is 2. The molecule has 0 atom stereocenters. The summed E-state index contributed by atoms with van der Waals surface area (Å²) in [5, 5.41) is 32.1. The lowest BCUT2D eigenvalue weighted by molar-refractivity contribution is -0.386. The first-order valence-corrected chi connectivity index (χ1v) is 8.15. The van der Waals surface area contributed by atoms with Crippen molar-refractivity contribution in [1.82, 2.24) is 14.9 Å². The number of aromatic nitrogens is 3. The van der Waals surface area contributed by atoms with Crippen LogP contribution in [0.5, 0.6) is 11.5 Å². The van der Waals surface area contributed by atoms with E-state index in [0.29, 0.717) is 11.4 Å². The fourth-order valence-corrected chi connectivity index (χ4v) is 2.58. The van der Waals surface area contributed by atoms with E-state index in [1.165, 1.54) is 30.1 Å². The maximum atomic E-state index is 11.1. The first-order valence-electron chi connectivity index (χ1n) is 7.75. The molecular weight excluding hydrogens is 370 g/mol. The topological polar surface area (TPSA) is 119 Å². The van der Waals surface area contributed by atoms with Gasteiger partial charge in [0.2, 0.25) is 10.5 Å². The van der Waals surface area contributed by atoms with Crippen molar-refractivity contribution in [2.75, 3.05) is 7.11 Å². The van der Waals surface area contributed by atoms with Crippen LogP contribution in [0.4, 0.5) is 5.69 Å². The van der Waals surface area contributed by atoms with Crippen LogP contribution >= 0.6 is 12.2 Å². The van der Waals surface area contributed by atoms with Crippen LogP contribution in [0.1, 0.15) is 11.1 Å². The molecule has 3 rings (SSSR count). The summed E-state index contributed by atoms with van der Waals surface area (Å²) < 4.78 is 6.65. The number of ether oxygens (including phenoxy) is 1. The molecule has 3 aromatic rings. The van der Waals surface area contributed by atoms with Crippen LogP contribution in [0.3, 0.4) is 0 Å². The number of H-pyrrole nitrogens is 1. The van der Waals surface area contributed by atoms with Gasteiger partial charge in [0.05, 0.1) is 18.2 Å². The number of benzene rings is 2. The number of nitrogens with zero attached hydrogens (tertiary/aromatic N) is 4. The molecule has 1 heterocycles. The Hall–Kier alpha value is -3.53. The molecule has 0 fully saturated rings. The zero-order chi connectivity index (χ0) is 19.6. The summed E-state index contributed by atoms with van der Waals surface area (Å²) in [6.07, 6.45) is 1.37. The van der Waals surface area contributed by atoms with E-state index in [9.17, 15) is 15.2 Å². The molecule has 2 aromatic carbocycles. The van der Waals surface area contributed by atoms with Gasteiger partial charge in [-0.2, -0.15) is 14.9 Å². The molecule has 0 aliphatic rings. The van der Waals surface area contributed by atoms with Crippen molar-refractivity contribution < 1.29 is 14.8 Å². The third-order valence-corrected chi connectivity index (χ3v) is 4.04. The van der Waals surface area contributed by atoms with Crippen LogP contribution in [0.15, 0.2) is 41.5 Å². The van der Waals surface area contributed by atoms with E-state index in [1.807, 2.05) is 31.2 Å². The van der Waals surface area contributed by atoms with Gasteiger partial charge in [-0.15, -0.1) is 0 Å². The van der Waals surface area contributed by atoms with Crippen molar-refractivity contribution >= 4 is 24.1 Å². The van der Waals surface area contributed by atoms with Crippen molar-refractivity contribution in [2.24, 2.45) is 5.10 Å². The number of methoxy groups -OCH3 is 1. The normalized spacial score (nSPS) is 11.0. The average molecular weight is 385 g/mol. The molecule has 10 heteroatoms. The Kier molecular flexibility index (Phi) is 4.99. The zero-order valence-corrected chi connectivity index (χ0v) is 15.2. The highest BCUT2D eigenvalue weighted by atomic mass is 32.1. The largest absolute Gasteiger partial charge is 0.500 e. The molecule has 0 saturated carbocycles. The van der Waals surface area contributed by atoms with Gasteiger partial charge in [-0.25, -0.2) is 5.10 Å². The Labute approximate surface area is 158 Å². The maximum Gasteiger partial charge on any atom is 0.315 e. The molecule has 9 nitrogen and oxygen atoms in total. The van der Waals surface area contributed by atoms with E-state index in [0.717, 1.165) is 11.1 Å². The maximum absolute atomic E-state index is 11.1. The molecule has 0 bridgehead atoms. The quantitative estimate of drug-likeness (QED) is 0.301. The number of aromatic amines is 1. The van der Waals surface area contributed by atoms with Crippen LogP contribution in [0.2, 0.25) is 0 Å². The summed E-state index contributed by atoms with van der Waals surface area (Å²) in [5.74, 6) is -0.0726. The van der Waals surface area contributed by atoms with Crippen LogP contribution in [0, 0.1) is 21.8 Å². The lowest BCUT2D eigenvalue weighted by Gasteiger charge is -2.05. The van der Waals surface area contributed by atoms with Crippen LogP contribution in [0.25, 0.3) is 11.4 Å². The molecule has 0 radical (unpaired) electrons. The first-order chi connectivity index (χ1) is 12.9. The molecule has 1 aromatic heterocycles. The standard InChI is InChI=1S/C17H15N5O4S/c1-10-3-5-12(6-4-10)16-19-20-17(27)21(16)18-9-11-7-13(22(24)25)15(23)14(8-11)26-2/h3-9,23H,1-2H3,(H,20,27)/b18-9+. The molecule has 0 saturated heterocycles. The van der Waals surface area contributed by atoms with E-state index in [-0.39, 0.29) is 10.5 Å². The van der Waals surface area contributed by atoms with Gasteiger partial charge in [0, 0.05) is 17.2 Å². The van der Waals surface area contributed by atoms with Gasteiger partial charge in [-0.3, -0.25) is 10.1 Å². The highest BCUT2D eigenvalue weighted by molar-refractivity contribution is 7.71. The number of nitrogens with one attached hydrogen (secondary N) is 1. The summed E-state index contributed by atoms with van der Waals surface area (Å²) in [4.78, 5) is 10.4. The van der Waals surface area contributed by atoms with Crippen LogP contribution in [-0.2, 0) is 0 Å². The number of phenols is 1. The Morgan fingerprint density at radius 1 is 1.37 bits per heavy atom. The Morgan fingerprint density at radius 2 is 2.07 bits per heavy atom. The minimum absolute atomic E-state index is 0.0276. The fraction of sp³-hybridized carbons (Fsp3) is 0.118. The second-order valence-electron chi connectivity index (χ2n) is 5.62. The molecule has 0 aliphatic carbocycles. The Bertz CT molecular complexity index is 1090. The molecule has 0 amide bonds. The average Bonchev–Trinajstić information content (AvgIpc) is 3.01. The molecule has 27 heavy (non-hydrogen) atoms. The summed E-state index contributed by atoms with van der Waals surface area (Å²) in [6, 6.07) is 10.3. The van der Waals surface area contributed by atoms with Crippen LogP contribution < -0.4 is 4.74 Å². The van der Waals surface area contributed by atoms with Crippen molar-refractivity contribution in [3.63, 3.8) is 0 Å². The number of nitro benzene ring substituents is 1. The predicted octanol–water partition coefficient (Wildman–Crippen LogP) is 3.42. The van der Waals surface area contributed by atoms with Crippen molar-refractivity contribution in [3.8, 4) is 22.9 Å². The number of phenolic OH excluding ortho intramolecular Hbond substituents is 1. The second-order valence-corrected chi connectivity index (χ2v) is 6.01. The Balaban J connectivity index is 2.04. The van der Waals surface area contributed by atoms with Gasteiger partial charge in [-0.1, -0.05) is 29.8 Å². The smallest absolute Gasteiger partial charge is 0.315 e. The fourth-order valence-electron chi connectivity index (χ4n) is 2.40. The minimum Gasteiger partial charge on any atom is -0.500 e. The van der Waals surface area contributed by atoms with Crippen molar-refractivity contribution in [1.29, 1.82) is 0 Å². The van der Waals surface area contributed by atoms with E-state index in [2.05, 4.69) is 15.3 Å². The lowest BCUT2D eigenvalue weighted by Crippen LogP contribution is -1.97. The van der Waals surface area contributed by atoms with Crippen molar-refractivity contribution in [3.05, 3.63) is 62.4 Å². The number of rotatable bonds is 5. The van der Waals surface area contributed by atoms with Gasteiger partial charge in [-0.05, 0) is 25.2 Å². The molecular formula is C17H15N5O4S. The van der Waals surface area contributed by atoms with Gasteiger partial charge >= 0.3 is 5.69 Å². The van der Waals surface area contributed by atoms with E-state index in [1.54, 1.807) is 0 Å². The third kappa shape index (κ3) is 3.70. The Morgan fingerprint density at radius 3 is 2.70 bits per heavy atom. The lowest BCUT2D eigenvalue weighted by atomic mass is 10.1. The number of nitro groups is 1. The minimum atomic E-state index is -0.698. The van der Waals surface area contributed by atoms with Crippen molar-refractivity contribution in [2.45, 2.75) is 6.92 Å². The van der Waals surface area contributed by atoms with E-state index in [4.69, 9.17) is 17.0 Å². The number of aromatic hydroxyl groups is 1. The van der Waals surface area contributed by atoms with Gasteiger partial charge in [0.15, 0.2) is 11.6 Å². The number of aryl methyl sites for hydroxylation is 1. The van der Waals surface area contributed by atoms with Gasteiger partial charge in [0.25, 0.3) is 0 Å². The summed E-state index contributed by atoms with van der Waals surface area (Å²) in [6.45, 7) is 1.98. The summed E-state index contributed by atoms with van der Waals surface area (Å²) >= 11 is 5.21. The number of hydrogen-bond acceptors (Lipinski definition) is 7. The molecule has 0 spiro atoms.